The minimum atomic E-state index is -4.56. The maximum atomic E-state index is 11.8. The lowest BCUT2D eigenvalue weighted by molar-refractivity contribution is -0.875. The maximum absolute atomic E-state index is 11.8. The molecule has 5 nitrogen and oxygen atoms in total. The molecule has 1 unspecified atom stereocenters. The number of unbranched alkanes of at least 4 members (excludes halogenated alkanes) is 14. The molecule has 0 rings (SSSR count). The standard InChI is InChI=1S/C28H56NO4P/c1-5-6-7-8-9-10-11-12-13-14-15-16-17-18-19-20-21-22-23-24-25-26-28(30,34(31,32)33)27-29(2,3)4/h6-7,20-21,30H,5,8-19,22-27H2,1-4H3,(H-,31,32,33)/p+1/b7-6-,21-20-. The Labute approximate surface area is 211 Å². The topological polar surface area (TPSA) is 77.8 Å². The van der Waals surface area contributed by atoms with Gasteiger partial charge in [-0.2, -0.15) is 0 Å². The molecule has 0 fully saturated rings. The Hall–Kier alpha value is -0.450. The summed E-state index contributed by atoms with van der Waals surface area (Å²) in [6, 6.07) is 0. The zero-order valence-electron chi connectivity index (χ0n) is 22.9. The summed E-state index contributed by atoms with van der Waals surface area (Å²) >= 11 is 0. The van der Waals surface area contributed by atoms with E-state index in [4.69, 9.17) is 0 Å². The average molecular weight is 503 g/mol. The lowest BCUT2D eigenvalue weighted by Gasteiger charge is -2.35. The molecule has 0 aliphatic carbocycles. The first-order chi connectivity index (χ1) is 16.0. The van der Waals surface area contributed by atoms with Gasteiger partial charge in [0.05, 0.1) is 21.1 Å². The van der Waals surface area contributed by atoms with E-state index in [2.05, 4.69) is 31.2 Å². The third-order valence-electron chi connectivity index (χ3n) is 6.28. The van der Waals surface area contributed by atoms with Crippen molar-refractivity contribution < 1.29 is 23.9 Å². The quantitative estimate of drug-likeness (QED) is 0.0578. The molecule has 0 radical (unpaired) electrons. The van der Waals surface area contributed by atoms with Crippen molar-refractivity contribution in [2.45, 2.75) is 128 Å². The molecule has 0 saturated carbocycles. The van der Waals surface area contributed by atoms with Crippen LogP contribution in [0.1, 0.15) is 122 Å². The van der Waals surface area contributed by atoms with E-state index >= 15 is 0 Å². The van der Waals surface area contributed by atoms with Crippen LogP contribution in [0.25, 0.3) is 0 Å². The number of nitrogens with zero attached hydrogens (tertiary/aromatic N) is 1. The smallest absolute Gasteiger partial charge is 0.362 e. The second-order valence-electron chi connectivity index (χ2n) is 11.0. The Bertz CT molecular complexity index is 579. The van der Waals surface area contributed by atoms with Crippen LogP contribution in [0, 0.1) is 0 Å². The van der Waals surface area contributed by atoms with Gasteiger partial charge in [-0.05, 0) is 57.8 Å². The van der Waals surface area contributed by atoms with Gasteiger partial charge in [-0.1, -0.05) is 89.0 Å². The Morgan fingerprint density at radius 2 is 1.00 bits per heavy atom. The highest BCUT2D eigenvalue weighted by Crippen LogP contribution is 2.52. The van der Waals surface area contributed by atoms with Crippen LogP contribution in [-0.4, -0.2) is 52.4 Å². The first kappa shape index (κ1) is 33.5. The van der Waals surface area contributed by atoms with Crippen LogP contribution in [0.2, 0.25) is 0 Å². The van der Waals surface area contributed by atoms with E-state index in [-0.39, 0.29) is 13.0 Å². The molecule has 0 aromatic heterocycles. The zero-order valence-corrected chi connectivity index (χ0v) is 23.8. The number of rotatable bonds is 23. The largest absolute Gasteiger partial charge is 0.373 e. The van der Waals surface area contributed by atoms with Gasteiger partial charge in [0.15, 0.2) is 0 Å². The van der Waals surface area contributed by atoms with E-state index in [1.165, 1.54) is 70.6 Å². The summed E-state index contributed by atoms with van der Waals surface area (Å²) in [5.74, 6) is 0. The van der Waals surface area contributed by atoms with Crippen molar-refractivity contribution in [2.24, 2.45) is 0 Å². The molecule has 3 N–H and O–H groups in total. The summed E-state index contributed by atoms with van der Waals surface area (Å²) in [6.07, 6.45) is 29.9. The second kappa shape index (κ2) is 19.7. The molecule has 1 atom stereocenters. The second-order valence-corrected chi connectivity index (χ2v) is 13.0. The van der Waals surface area contributed by atoms with Gasteiger partial charge in [0.1, 0.15) is 6.54 Å². The lowest BCUT2D eigenvalue weighted by atomic mass is 10.0. The van der Waals surface area contributed by atoms with E-state index in [9.17, 15) is 19.5 Å². The summed E-state index contributed by atoms with van der Waals surface area (Å²) in [7, 11) is 0.949. The minimum Gasteiger partial charge on any atom is -0.373 e. The van der Waals surface area contributed by atoms with Crippen LogP contribution in [-0.2, 0) is 4.57 Å². The summed E-state index contributed by atoms with van der Waals surface area (Å²) in [5.41, 5.74) is 0. The molecule has 0 bridgehead atoms. The molecule has 0 aromatic rings. The number of hydrogen-bond acceptors (Lipinski definition) is 2. The minimum absolute atomic E-state index is 0.0500. The van der Waals surface area contributed by atoms with Crippen LogP contribution in [0.4, 0.5) is 0 Å². The van der Waals surface area contributed by atoms with E-state index in [1.807, 2.05) is 21.1 Å². The van der Waals surface area contributed by atoms with E-state index in [1.54, 1.807) is 0 Å². The third kappa shape index (κ3) is 19.8. The van der Waals surface area contributed by atoms with Crippen LogP contribution in [0.3, 0.4) is 0 Å². The van der Waals surface area contributed by atoms with Crippen LogP contribution in [0.5, 0.6) is 0 Å². The average Bonchev–Trinajstić information content (AvgIpc) is 2.73. The predicted octanol–water partition coefficient (Wildman–Crippen LogP) is 7.71. The predicted molar refractivity (Wildman–Crippen MR) is 147 cm³/mol. The van der Waals surface area contributed by atoms with E-state index in [0.717, 1.165) is 32.1 Å². The molecule has 0 saturated heterocycles. The first-order valence-electron chi connectivity index (χ1n) is 13.9. The highest BCUT2D eigenvalue weighted by molar-refractivity contribution is 7.53. The van der Waals surface area contributed by atoms with Crippen molar-refractivity contribution in [1.29, 1.82) is 0 Å². The van der Waals surface area contributed by atoms with Crippen molar-refractivity contribution in [3.63, 3.8) is 0 Å². The molecule has 202 valence electrons. The summed E-state index contributed by atoms with van der Waals surface area (Å²) < 4.78 is 12.1. The zero-order chi connectivity index (χ0) is 25.8. The Kier molecular flexibility index (Phi) is 19.4. The number of quaternary nitrogens is 1. The van der Waals surface area contributed by atoms with Gasteiger partial charge in [-0.25, -0.2) is 0 Å². The monoisotopic (exact) mass is 502 g/mol. The molecule has 0 aliphatic rings. The fourth-order valence-electron chi connectivity index (χ4n) is 4.38. The van der Waals surface area contributed by atoms with Crippen LogP contribution < -0.4 is 0 Å². The molecule has 0 aliphatic heterocycles. The number of allylic oxidation sites excluding steroid dienone is 4. The summed E-state index contributed by atoms with van der Waals surface area (Å²) in [4.78, 5) is 19.2. The molecule has 0 heterocycles. The molecular weight excluding hydrogens is 445 g/mol. The van der Waals surface area contributed by atoms with Crippen molar-refractivity contribution >= 4 is 7.60 Å². The Morgan fingerprint density at radius 3 is 1.35 bits per heavy atom. The SMILES string of the molecule is CC/C=C\CCCCCCCCCCCC/C=C\CCCCCC(O)(C[N+](C)(C)C)P(=O)(O)O. The van der Waals surface area contributed by atoms with Gasteiger partial charge in [0.25, 0.3) is 0 Å². The molecule has 6 heteroatoms. The number of aliphatic hydroxyl groups is 1. The maximum Gasteiger partial charge on any atom is 0.362 e. The first-order valence-corrected chi connectivity index (χ1v) is 15.5. The van der Waals surface area contributed by atoms with Crippen LogP contribution in [0.15, 0.2) is 24.3 Å². The fourth-order valence-corrected chi connectivity index (χ4v) is 5.44. The lowest BCUT2D eigenvalue weighted by Crippen LogP contribution is -2.49. The van der Waals surface area contributed by atoms with Crippen molar-refractivity contribution in [3.8, 4) is 0 Å². The van der Waals surface area contributed by atoms with E-state index in [0.29, 0.717) is 10.9 Å². The molecular formula is C28H57NO4P+. The van der Waals surface area contributed by atoms with Gasteiger partial charge in [0.2, 0.25) is 5.34 Å². The molecule has 34 heavy (non-hydrogen) atoms. The summed E-state index contributed by atoms with van der Waals surface area (Å²) in [6.45, 7) is 2.24. The summed E-state index contributed by atoms with van der Waals surface area (Å²) in [5, 5.41) is 8.62. The Morgan fingerprint density at radius 1 is 0.647 bits per heavy atom. The van der Waals surface area contributed by atoms with E-state index < -0.39 is 12.9 Å². The van der Waals surface area contributed by atoms with Crippen LogP contribution >= 0.6 is 7.60 Å². The normalized spacial score (nSPS) is 14.9. The number of hydrogen-bond donors (Lipinski definition) is 3. The fraction of sp³-hybridized carbons (Fsp3) is 0.857. The Balaban J connectivity index is 3.58. The third-order valence-corrected chi connectivity index (χ3v) is 7.73. The highest BCUT2D eigenvalue weighted by atomic mass is 31.2. The molecule has 0 amide bonds. The van der Waals surface area contributed by atoms with Gasteiger partial charge >= 0.3 is 7.60 Å². The van der Waals surface area contributed by atoms with Gasteiger partial charge < -0.3 is 19.4 Å². The molecule has 0 aromatic carbocycles. The van der Waals surface area contributed by atoms with Gasteiger partial charge in [-0.15, -0.1) is 0 Å². The van der Waals surface area contributed by atoms with Gasteiger partial charge in [-0.3, -0.25) is 4.57 Å². The van der Waals surface area contributed by atoms with Crippen molar-refractivity contribution in [3.05, 3.63) is 24.3 Å². The van der Waals surface area contributed by atoms with Crippen molar-refractivity contribution in [1.82, 2.24) is 0 Å². The van der Waals surface area contributed by atoms with Gasteiger partial charge in [0, 0.05) is 0 Å². The molecule has 0 spiro atoms. The van der Waals surface area contributed by atoms with Crippen molar-refractivity contribution in [2.75, 3.05) is 27.7 Å². The number of likely N-dealkylation sites (N-methyl/N-ethyl adjacent to an activating group) is 1. The highest BCUT2D eigenvalue weighted by Gasteiger charge is 2.48.